The van der Waals surface area contributed by atoms with E-state index in [1.165, 1.54) is 17.0 Å². The molecule has 0 atom stereocenters. The fourth-order valence-electron chi connectivity index (χ4n) is 6.32. The second kappa shape index (κ2) is 18.6. The maximum atomic E-state index is 5.56. The van der Waals surface area contributed by atoms with Gasteiger partial charge in [-0.2, -0.15) is 0 Å². The molecule has 0 radical (unpaired) electrons. The van der Waals surface area contributed by atoms with E-state index >= 15 is 0 Å². The predicted molar refractivity (Wildman–Crippen MR) is 153 cm³/mol. The number of rotatable bonds is 6. The molecule has 3 fully saturated rings. The van der Waals surface area contributed by atoms with Crippen molar-refractivity contribution in [3.05, 3.63) is 36.4 Å². The molecule has 1 aromatic carbocycles. The maximum absolute atomic E-state index is 5.56. The summed E-state index contributed by atoms with van der Waals surface area (Å²) in [5.41, 5.74) is 4.73. The van der Waals surface area contributed by atoms with Gasteiger partial charge in [-0.05, 0) is 97.0 Å². The Hall–Kier alpha value is 0.393. The SMILES string of the molecule is C1CCC([PH+](C2CCCCC2)C2CCCCC2)CC1.C=Cc1ccccc1OC(C)C.[Cl][Ru][Cl]. The number of halogens is 2. The van der Waals surface area contributed by atoms with Crippen molar-refractivity contribution in [1.29, 1.82) is 0 Å². The van der Waals surface area contributed by atoms with Crippen LogP contribution in [0, 0.1) is 0 Å². The summed E-state index contributed by atoms with van der Waals surface area (Å²) in [6, 6.07) is 7.89. The van der Waals surface area contributed by atoms with E-state index in [9.17, 15) is 0 Å². The number of benzene rings is 1. The third-order valence-electron chi connectivity index (χ3n) is 7.73. The zero-order valence-electron chi connectivity index (χ0n) is 21.5. The summed E-state index contributed by atoms with van der Waals surface area (Å²) in [4.78, 5) is 0. The van der Waals surface area contributed by atoms with Crippen molar-refractivity contribution in [2.75, 3.05) is 0 Å². The van der Waals surface area contributed by atoms with Crippen molar-refractivity contribution in [1.82, 2.24) is 0 Å². The first-order valence-corrected chi connectivity index (χ1v) is 19.9. The zero-order chi connectivity index (χ0) is 24.6. The van der Waals surface area contributed by atoms with Crippen molar-refractivity contribution >= 4 is 33.4 Å². The van der Waals surface area contributed by atoms with Crippen molar-refractivity contribution in [3.8, 4) is 5.75 Å². The van der Waals surface area contributed by atoms with Crippen molar-refractivity contribution in [2.24, 2.45) is 0 Å². The molecule has 0 saturated heterocycles. The van der Waals surface area contributed by atoms with Crippen LogP contribution in [-0.4, -0.2) is 23.1 Å². The molecule has 0 heterocycles. The van der Waals surface area contributed by atoms with Crippen LogP contribution in [0.2, 0.25) is 0 Å². The molecular weight excluding hydrogens is 567 g/mol. The number of hydrogen-bond donors (Lipinski definition) is 0. The van der Waals surface area contributed by atoms with Gasteiger partial charge in [0.05, 0.1) is 23.1 Å². The van der Waals surface area contributed by atoms with Crippen LogP contribution in [0.25, 0.3) is 6.08 Å². The second-order valence-corrected chi connectivity index (χ2v) is 16.6. The summed E-state index contributed by atoms with van der Waals surface area (Å²) < 4.78 is 5.56. The molecular formula is C29H48Cl2OPRu+. The Bertz CT molecular complexity index is 610. The Balaban J connectivity index is 0.000000234. The van der Waals surface area contributed by atoms with E-state index in [-0.39, 0.29) is 29.2 Å². The summed E-state index contributed by atoms with van der Waals surface area (Å²) in [7, 11) is 9.66. The van der Waals surface area contributed by atoms with Gasteiger partial charge in [0.2, 0.25) is 0 Å². The van der Waals surface area contributed by atoms with Crippen molar-refractivity contribution in [2.45, 2.75) is 133 Å². The average molecular weight is 616 g/mol. The van der Waals surface area contributed by atoms with Crippen LogP contribution in [0.1, 0.15) is 116 Å². The molecule has 1 aromatic rings. The zero-order valence-corrected chi connectivity index (χ0v) is 25.8. The fraction of sp³-hybridized carbons (Fsp3) is 0.724. The molecule has 1 nitrogen and oxygen atoms in total. The number of ether oxygens (including phenoxy) is 1. The molecule has 3 aliphatic carbocycles. The quantitative estimate of drug-likeness (QED) is 0.229. The van der Waals surface area contributed by atoms with Gasteiger partial charge in [0.25, 0.3) is 0 Å². The first-order chi connectivity index (χ1) is 16.6. The van der Waals surface area contributed by atoms with E-state index in [1.54, 1.807) is 102 Å². The van der Waals surface area contributed by atoms with Crippen LogP contribution in [-0.2, 0) is 15.1 Å². The molecule has 196 valence electrons. The molecule has 0 spiro atoms. The number of hydrogen-bond acceptors (Lipinski definition) is 1. The van der Waals surface area contributed by atoms with Crippen LogP contribution < -0.4 is 4.74 Å². The van der Waals surface area contributed by atoms with Gasteiger partial charge >= 0.3 is 34.5 Å². The van der Waals surface area contributed by atoms with Gasteiger partial charge in [-0.3, -0.25) is 0 Å². The molecule has 3 aliphatic rings. The monoisotopic (exact) mass is 615 g/mol. The summed E-state index contributed by atoms with van der Waals surface area (Å²) in [5.74, 6) is 0.905. The number of para-hydroxylation sites is 1. The van der Waals surface area contributed by atoms with E-state index in [0.29, 0.717) is 0 Å². The standard InChI is InChI=1S/C18H33P.C11H14O.2ClH.Ru/c1-4-10-16(11-5-1)19(17-12-6-2-7-13-17)18-14-8-3-9-15-18;1-4-10-7-5-6-8-11(10)12-9(2)3;;;/h16-18H,1-15H2;4-9H,1H2,2-3H3;2*1H;/q;;;;+2/p-1. The third-order valence-corrected chi connectivity index (χ3v) is 12.3. The summed E-state index contributed by atoms with van der Waals surface area (Å²) in [6.45, 7) is 7.75. The van der Waals surface area contributed by atoms with Gasteiger partial charge in [-0.25, -0.2) is 0 Å². The molecule has 0 N–H and O–H groups in total. The molecule has 0 unspecified atom stereocenters. The minimum absolute atomic E-state index is 0.0465. The van der Waals surface area contributed by atoms with Gasteiger partial charge in [-0.15, -0.1) is 0 Å². The fourth-order valence-corrected chi connectivity index (χ4v) is 11.5. The molecule has 0 amide bonds. The van der Waals surface area contributed by atoms with E-state index in [0.717, 1.165) is 11.3 Å². The Kier molecular flexibility index (Phi) is 16.8. The first kappa shape index (κ1) is 30.6. The Labute approximate surface area is 227 Å². The van der Waals surface area contributed by atoms with Crippen LogP contribution in [0.5, 0.6) is 5.75 Å². The topological polar surface area (TPSA) is 9.23 Å². The molecule has 0 aromatic heterocycles. The minimum atomic E-state index is -0.346. The third kappa shape index (κ3) is 11.2. The summed E-state index contributed by atoms with van der Waals surface area (Å²) >= 11 is -0.346. The van der Waals surface area contributed by atoms with Gasteiger partial charge in [-0.1, -0.05) is 50.1 Å². The van der Waals surface area contributed by atoms with Crippen LogP contribution in [0.4, 0.5) is 0 Å². The van der Waals surface area contributed by atoms with E-state index in [4.69, 9.17) is 24.1 Å². The van der Waals surface area contributed by atoms with E-state index in [1.807, 2.05) is 38.1 Å². The summed E-state index contributed by atoms with van der Waals surface area (Å²) in [6.07, 6.45) is 25.8. The normalized spacial score (nSPS) is 20.3. The molecule has 34 heavy (non-hydrogen) atoms. The Morgan fingerprint density at radius 1 is 0.794 bits per heavy atom. The molecule has 0 aliphatic heterocycles. The molecule has 0 bridgehead atoms. The van der Waals surface area contributed by atoms with Gasteiger partial charge < -0.3 is 4.74 Å². The van der Waals surface area contributed by atoms with Crippen molar-refractivity contribution in [3.63, 3.8) is 0 Å². The van der Waals surface area contributed by atoms with Crippen molar-refractivity contribution < 1.29 is 19.9 Å². The first-order valence-electron chi connectivity index (χ1n) is 13.7. The van der Waals surface area contributed by atoms with Crippen LogP contribution in [0.15, 0.2) is 30.8 Å². The summed E-state index contributed by atoms with van der Waals surface area (Å²) in [5, 5.41) is 0. The van der Waals surface area contributed by atoms with E-state index in [2.05, 4.69) is 6.58 Å². The molecule has 3 saturated carbocycles. The average Bonchev–Trinajstić information content (AvgIpc) is 2.87. The van der Waals surface area contributed by atoms with Gasteiger partial charge in [0, 0.05) is 13.5 Å². The van der Waals surface area contributed by atoms with Gasteiger partial charge in [0.1, 0.15) is 5.75 Å². The Morgan fingerprint density at radius 2 is 1.18 bits per heavy atom. The van der Waals surface area contributed by atoms with Crippen LogP contribution >= 0.6 is 27.3 Å². The van der Waals surface area contributed by atoms with Gasteiger partial charge in [0.15, 0.2) is 0 Å². The van der Waals surface area contributed by atoms with Crippen LogP contribution in [0.3, 0.4) is 0 Å². The van der Waals surface area contributed by atoms with E-state index < -0.39 is 0 Å². The molecule has 5 heteroatoms. The molecule has 4 rings (SSSR count). The second-order valence-electron chi connectivity index (χ2n) is 10.5. The predicted octanol–water partition coefficient (Wildman–Crippen LogP) is 10.7. The Morgan fingerprint density at radius 3 is 1.53 bits per heavy atom.